The average Bonchev–Trinajstić information content (AvgIpc) is 2.53. The van der Waals surface area contributed by atoms with Gasteiger partial charge in [-0.1, -0.05) is 19.9 Å². The summed E-state index contributed by atoms with van der Waals surface area (Å²) in [5, 5.41) is 2.86. The average molecular weight is 335 g/mol. The summed E-state index contributed by atoms with van der Waals surface area (Å²) in [6.07, 6.45) is 8.45. The van der Waals surface area contributed by atoms with Crippen LogP contribution in [0.3, 0.4) is 0 Å². The molecule has 0 aromatic carbocycles. The molecular weight excluding hydrogens is 314 g/mol. The van der Waals surface area contributed by atoms with E-state index in [0.717, 1.165) is 0 Å². The van der Waals surface area contributed by atoms with Gasteiger partial charge in [-0.2, -0.15) is 0 Å². The van der Waals surface area contributed by atoms with Gasteiger partial charge in [0.25, 0.3) is 10.0 Å². The Kier molecular flexibility index (Phi) is 5.54. The van der Waals surface area contributed by atoms with E-state index in [0.29, 0.717) is 24.6 Å². The first-order valence-corrected chi connectivity index (χ1v) is 8.95. The minimum Gasteiger partial charge on any atom is -0.355 e. The molecule has 0 saturated carbocycles. The maximum atomic E-state index is 12.3. The highest BCUT2D eigenvalue weighted by Gasteiger charge is 2.21. The van der Waals surface area contributed by atoms with E-state index in [4.69, 9.17) is 0 Å². The number of nitrogens with one attached hydrogen (secondary N) is 2. The topological polar surface area (TPSA) is 88.2 Å². The maximum absolute atomic E-state index is 12.3. The summed E-state index contributed by atoms with van der Waals surface area (Å²) in [4.78, 5) is 16.0. The lowest BCUT2D eigenvalue weighted by Gasteiger charge is -2.18. The van der Waals surface area contributed by atoms with Crippen LogP contribution in [0.1, 0.15) is 20.3 Å². The second-order valence-electron chi connectivity index (χ2n) is 5.80. The number of sulfonamides is 1. The standard InChI is InChI=1S/C16H21N3O3S/c1-12(2)10-18-16(20)13-5-3-6-14(9-13)19-23(21,22)15-7-4-8-17-11-15/h3-4,6-9,11-13,19H,5,10H2,1-2H3,(H,18,20). The number of hydrogen-bond acceptors (Lipinski definition) is 4. The summed E-state index contributed by atoms with van der Waals surface area (Å²) in [5.74, 6) is -0.0999. The van der Waals surface area contributed by atoms with E-state index in [1.807, 2.05) is 13.8 Å². The normalized spacial score (nSPS) is 17.7. The molecule has 1 unspecified atom stereocenters. The van der Waals surface area contributed by atoms with Crippen molar-refractivity contribution < 1.29 is 13.2 Å². The van der Waals surface area contributed by atoms with Crippen molar-refractivity contribution in [3.63, 3.8) is 0 Å². The Hall–Kier alpha value is -2.15. The molecule has 1 heterocycles. The van der Waals surface area contributed by atoms with Gasteiger partial charge in [-0.25, -0.2) is 8.42 Å². The molecule has 0 bridgehead atoms. The SMILES string of the molecule is CC(C)CNC(=O)C1C=C(NS(=O)(=O)c2cccnc2)C=CC1. The summed E-state index contributed by atoms with van der Waals surface area (Å²) < 4.78 is 27.0. The van der Waals surface area contributed by atoms with Gasteiger partial charge in [0.1, 0.15) is 4.90 Å². The van der Waals surface area contributed by atoms with E-state index in [-0.39, 0.29) is 16.7 Å². The quantitative estimate of drug-likeness (QED) is 0.826. The fraction of sp³-hybridized carbons (Fsp3) is 0.375. The molecule has 2 N–H and O–H groups in total. The van der Waals surface area contributed by atoms with Crippen LogP contribution in [0.4, 0.5) is 0 Å². The van der Waals surface area contributed by atoms with Crippen LogP contribution in [0.25, 0.3) is 0 Å². The van der Waals surface area contributed by atoms with Crippen LogP contribution < -0.4 is 10.0 Å². The van der Waals surface area contributed by atoms with Gasteiger partial charge in [-0.05, 0) is 36.6 Å². The number of carbonyl (C=O) groups excluding carboxylic acids is 1. The number of nitrogens with zero attached hydrogens (tertiary/aromatic N) is 1. The summed E-state index contributed by atoms with van der Waals surface area (Å²) in [7, 11) is -3.70. The Morgan fingerprint density at radius 3 is 2.87 bits per heavy atom. The number of allylic oxidation sites excluding steroid dienone is 2. The molecule has 0 aliphatic heterocycles. The minimum absolute atomic E-state index is 0.0840. The van der Waals surface area contributed by atoms with E-state index in [1.54, 1.807) is 24.3 Å². The van der Waals surface area contributed by atoms with Gasteiger partial charge < -0.3 is 5.32 Å². The zero-order valence-corrected chi connectivity index (χ0v) is 14.0. The second kappa shape index (κ2) is 7.41. The second-order valence-corrected chi connectivity index (χ2v) is 7.48. The van der Waals surface area contributed by atoms with E-state index < -0.39 is 10.0 Å². The number of carbonyl (C=O) groups is 1. The molecule has 23 heavy (non-hydrogen) atoms. The van der Waals surface area contributed by atoms with Crippen LogP contribution >= 0.6 is 0 Å². The van der Waals surface area contributed by atoms with Gasteiger partial charge in [0, 0.05) is 24.6 Å². The largest absolute Gasteiger partial charge is 0.355 e. The highest BCUT2D eigenvalue weighted by atomic mass is 32.2. The molecule has 1 amide bonds. The fourth-order valence-electron chi connectivity index (χ4n) is 2.09. The molecule has 1 atom stereocenters. The van der Waals surface area contributed by atoms with Crippen LogP contribution in [-0.4, -0.2) is 25.9 Å². The lowest BCUT2D eigenvalue weighted by molar-refractivity contribution is -0.123. The first kappa shape index (κ1) is 17.2. The lowest BCUT2D eigenvalue weighted by atomic mass is 9.98. The molecule has 1 aromatic rings. The van der Waals surface area contributed by atoms with E-state index in [2.05, 4.69) is 15.0 Å². The molecule has 1 aromatic heterocycles. The molecular formula is C16H21N3O3S. The minimum atomic E-state index is -3.70. The molecule has 2 rings (SSSR count). The number of hydrogen-bond donors (Lipinski definition) is 2. The van der Waals surface area contributed by atoms with Crippen molar-refractivity contribution in [1.29, 1.82) is 0 Å². The van der Waals surface area contributed by atoms with Crippen LogP contribution in [0.2, 0.25) is 0 Å². The Morgan fingerprint density at radius 2 is 2.22 bits per heavy atom. The molecule has 6 nitrogen and oxygen atoms in total. The van der Waals surface area contributed by atoms with E-state index in [1.165, 1.54) is 18.5 Å². The summed E-state index contributed by atoms with van der Waals surface area (Å²) in [6, 6.07) is 3.02. The van der Waals surface area contributed by atoms with Crippen molar-refractivity contribution in [2.75, 3.05) is 6.54 Å². The van der Waals surface area contributed by atoms with Crippen molar-refractivity contribution in [3.8, 4) is 0 Å². The third kappa shape index (κ3) is 4.92. The van der Waals surface area contributed by atoms with Crippen molar-refractivity contribution in [2.45, 2.75) is 25.2 Å². The smallest absolute Gasteiger partial charge is 0.263 e. The summed E-state index contributed by atoms with van der Waals surface area (Å²) >= 11 is 0. The van der Waals surface area contributed by atoms with E-state index in [9.17, 15) is 13.2 Å². The van der Waals surface area contributed by atoms with Crippen molar-refractivity contribution in [3.05, 3.63) is 48.5 Å². The Labute approximate surface area is 136 Å². The molecule has 1 aliphatic carbocycles. The molecule has 0 saturated heterocycles. The Bertz CT molecular complexity index is 709. The third-order valence-corrected chi connectivity index (χ3v) is 4.65. The van der Waals surface area contributed by atoms with Crippen molar-refractivity contribution in [2.24, 2.45) is 11.8 Å². The zero-order valence-electron chi connectivity index (χ0n) is 13.2. The first-order valence-electron chi connectivity index (χ1n) is 7.47. The Balaban J connectivity index is 2.07. The summed E-state index contributed by atoms with van der Waals surface area (Å²) in [6.45, 7) is 4.64. The monoisotopic (exact) mass is 335 g/mol. The molecule has 0 fully saturated rings. The maximum Gasteiger partial charge on any atom is 0.263 e. The van der Waals surface area contributed by atoms with Gasteiger partial charge >= 0.3 is 0 Å². The van der Waals surface area contributed by atoms with Crippen LogP contribution in [-0.2, 0) is 14.8 Å². The van der Waals surface area contributed by atoms with Gasteiger partial charge in [0.15, 0.2) is 0 Å². The predicted molar refractivity (Wildman–Crippen MR) is 87.7 cm³/mol. The van der Waals surface area contributed by atoms with E-state index >= 15 is 0 Å². The van der Waals surface area contributed by atoms with Gasteiger partial charge in [-0.3, -0.25) is 14.5 Å². The number of aromatic nitrogens is 1. The lowest BCUT2D eigenvalue weighted by Crippen LogP contribution is -2.34. The molecule has 0 spiro atoms. The molecule has 7 heteroatoms. The van der Waals surface area contributed by atoms with Crippen molar-refractivity contribution >= 4 is 15.9 Å². The highest BCUT2D eigenvalue weighted by Crippen LogP contribution is 2.17. The number of pyridine rings is 1. The van der Waals surface area contributed by atoms with Crippen molar-refractivity contribution in [1.82, 2.24) is 15.0 Å². The molecule has 1 aliphatic rings. The zero-order chi connectivity index (χ0) is 16.9. The number of amides is 1. The first-order chi connectivity index (χ1) is 10.9. The van der Waals surface area contributed by atoms with Gasteiger partial charge in [0.05, 0.1) is 5.92 Å². The molecule has 124 valence electrons. The van der Waals surface area contributed by atoms with Crippen LogP contribution in [0, 0.1) is 11.8 Å². The van der Waals surface area contributed by atoms with Gasteiger partial charge in [0.2, 0.25) is 5.91 Å². The van der Waals surface area contributed by atoms with Crippen LogP contribution in [0.5, 0.6) is 0 Å². The summed E-state index contributed by atoms with van der Waals surface area (Å²) in [5.41, 5.74) is 0.393. The predicted octanol–water partition coefficient (Wildman–Crippen LogP) is 1.59. The molecule has 0 radical (unpaired) electrons. The third-order valence-electron chi connectivity index (χ3n) is 3.29. The Morgan fingerprint density at radius 1 is 1.43 bits per heavy atom. The highest BCUT2D eigenvalue weighted by molar-refractivity contribution is 7.89. The fourth-order valence-corrected chi connectivity index (χ4v) is 3.11. The number of rotatable bonds is 6. The van der Waals surface area contributed by atoms with Crippen LogP contribution in [0.15, 0.2) is 53.3 Å². The van der Waals surface area contributed by atoms with Gasteiger partial charge in [-0.15, -0.1) is 0 Å².